The second-order valence-electron chi connectivity index (χ2n) is 7.16. The zero-order chi connectivity index (χ0) is 20.1. The Balaban J connectivity index is 1.50. The Labute approximate surface area is 175 Å². The van der Waals surface area contributed by atoms with Crippen LogP contribution in [0.25, 0.3) is 0 Å². The van der Waals surface area contributed by atoms with Crippen molar-refractivity contribution in [3.8, 4) is 0 Å². The number of nitrogens with one attached hydrogen (secondary N) is 3. The van der Waals surface area contributed by atoms with Gasteiger partial charge in [0.05, 0.1) is 13.1 Å². The summed E-state index contributed by atoms with van der Waals surface area (Å²) in [5.41, 5.74) is 1.40. The van der Waals surface area contributed by atoms with E-state index in [0.29, 0.717) is 15.7 Å². The number of quaternary nitrogens is 1. The summed E-state index contributed by atoms with van der Waals surface area (Å²) in [5, 5.41) is 6.81. The van der Waals surface area contributed by atoms with Crippen LogP contribution in [-0.4, -0.2) is 30.9 Å². The summed E-state index contributed by atoms with van der Waals surface area (Å²) >= 11 is 12.0. The molecule has 1 aliphatic heterocycles. The quantitative estimate of drug-likeness (QED) is 0.694. The zero-order valence-electron chi connectivity index (χ0n) is 15.7. The number of likely N-dealkylation sites (tertiary alicyclic amines) is 1. The van der Waals surface area contributed by atoms with E-state index in [1.54, 1.807) is 18.2 Å². The predicted octanol–water partition coefficient (Wildman–Crippen LogP) is 3.25. The van der Waals surface area contributed by atoms with Crippen molar-refractivity contribution in [2.75, 3.05) is 23.7 Å². The molecule has 3 N–H and O–H groups in total. The standard InChI is InChI=1S/C21H23Cl2N3O2/c1-14(20(27)25-19-12-16(22)11-17(23)13-19)26-9-7-15(8-10-26)21(28)24-18-5-3-2-4-6-18/h2-6,11-15H,7-10H2,1H3,(H,24,28)(H,25,27)/p+1/t14-/m1/s1. The minimum absolute atomic E-state index is 0.0223. The molecule has 7 heteroatoms. The van der Waals surface area contributed by atoms with Crippen molar-refractivity contribution in [3.05, 3.63) is 58.6 Å². The summed E-state index contributed by atoms with van der Waals surface area (Å²) in [4.78, 5) is 26.2. The number of benzene rings is 2. The highest BCUT2D eigenvalue weighted by molar-refractivity contribution is 6.35. The molecule has 148 valence electrons. The molecule has 1 aliphatic rings. The van der Waals surface area contributed by atoms with Gasteiger partial charge in [0.15, 0.2) is 6.04 Å². The third-order valence-corrected chi connectivity index (χ3v) is 5.61. The van der Waals surface area contributed by atoms with Gasteiger partial charge in [0.1, 0.15) is 0 Å². The Morgan fingerprint density at radius 3 is 2.18 bits per heavy atom. The van der Waals surface area contributed by atoms with Gasteiger partial charge in [0.25, 0.3) is 5.91 Å². The molecule has 0 aromatic heterocycles. The van der Waals surface area contributed by atoms with Gasteiger partial charge in [-0.2, -0.15) is 0 Å². The van der Waals surface area contributed by atoms with Crippen molar-refractivity contribution in [3.63, 3.8) is 0 Å². The molecule has 2 aromatic carbocycles. The predicted molar refractivity (Wildman–Crippen MR) is 113 cm³/mol. The average molecular weight is 421 g/mol. The topological polar surface area (TPSA) is 62.6 Å². The normalized spacial score (nSPS) is 20.2. The van der Waals surface area contributed by atoms with Crippen LogP contribution in [0.4, 0.5) is 11.4 Å². The highest BCUT2D eigenvalue weighted by Crippen LogP contribution is 2.22. The number of anilines is 2. The molecule has 0 unspecified atom stereocenters. The molecule has 2 amide bonds. The van der Waals surface area contributed by atoms with Crippen molar-refractivity contribution in [1.82, 2.24) is 0 Å². The van der Waals surface area contributed by atoms with Gasteiger partial charge in [0, 0.05) is 40.2 Å². The van der Waals surface area contributed by atoms with E-state index in [1.165, 1.54) is 4.90 Å². The third-order valence-electron chi connectivity index (χ3n) is 5.18. The number of rotatable bonds is 5. The largest absolute Gasteiger partial charge is 0.326 e. The smallest absolute Gasteiger partial charge is 0.282 e. The van der Waals surface area contributed by atoms with Crippen molar-refractivity contribution in [2.24, 2.45) is 5.92 Å². The summed E-state index contributed by atoms with van der Waals surface area (Å²) < 4.78 is 0. The zero-order valence-corrected chi connectivity index (χ0v) is 17.2. The molecule has 0 bridgehead atoms. The Morgan fingerprint density at radius 2 is 1.57 bits per heavy atom. The van der Waals surface area contributed by atoms with Crippen LogP contribution in [0.1, 0.15) is 19.8 Å². The lowest BCUT2D eigenvalue weighted by molar-refractivity contribution is -0.919. The van der Waals surface area contributed by atoms with E-state index < -0.39 is 0 Å². The molecule has 1 heterocycles. The van der Waals surface area contributed by atoms with E-state index >= 15 is 0 Å². The summed E-state index contributed by atoms with van der Waals surface area (Å²) in [6.45, 7) is 3.46. The van der Waals surface area contributed by atoms with E-state index in [2.05, 4.69) is 10.6 Å². The molecule has 0 aliphatic carbocycles. The third kappa shape index (κ3) is 5.47. The molecule has 28 heavy (non-hydrogen) atoms. The van der Waals surface area contributed by atoms with Gasteiger partial charge in [-0.25, -0.2) is 0 Å². The van der Waals surface area contributed by atoms with Crippen LogP contribution in [0.3, 0.4) is 0 Å². The van der Waals surface area contributed by atoms with Crippen LogP contribution in [0.5, 0.6) is 0 Å². The molecular weight excluding hydrogens is 397 g/mol. The monoisotopic (exact) mass is 420 g/mol. The molecule has 0 spiro atoms. The van der Waals surface area contributed by atoms with Gasteiger partial charge in [-0.15, -0.1) is 0 Å². The first-order valence-electron chi connectivity index (χ1n) is 9.40. The van der Waals surface area contributed by atoms with Gasteiger partial charge in [-0.3, -0.25) is 9.59 Å². The lowest BCUT2D eigenvalue weighted by Crippen LogP contribution is -3.17. The molecule has 0 saturated carbocycles. The minimum Gasteiger partial charge on any atom is -0.326 e. The summed E-state index contributed by atoms with van der Waals surface area (Å²) in [5.74, 6) is -0.0533. The molecule has 1 atom stereocenters. The summed E-state index contributed by atoms with van der Waals surface area (Å²) in [6.07, 6.45) is 1.52. The molecule has 5 nitrogen and oxygen atoms in total. The maximum Gasteiger partial charge on any atom is 0.282 e. The van der Waals surface area contributed by atoms with Gasteiger partial charge in [0.2, 0.25) is 5.91 Å². The highest BCUT2D eigenvalue weighted by Gasteiger charge is 2.33. The number of hydrogen-bond donors (Lipinski definition) is 3. The number of amides is 2. The molecule has 2 aromatic rings. The highest BCUT2D eigenvalue weighted by atomic mass is 35.5. The second kappa shape index (κ2) is 9.41. The Morgan fingerprint density at radius 1 is 0.964 bits per heavy atom. The number of halogens is 2. The number of carbonyl (C=O) groups excluding carboxylic acids is 2. The molecule has 3 rings (SSSR count). The summed E-state index contributed by atoms with van der Waals surface area (Å²) in [7, 11) is 0. The maximum absolute atomic E-state index is 12.6. The second-order valence-corrected chi connectivity index (χ2v) is 8.03. The molecule has 0 radical (unpaired) electrons. The van der Waals surface area contributed by atoms with E-state index in [9.17, 15) is 9.59 Å². The van der Waals surface area contributed by atoms with Gasteiger partial charge in [-0.05, 0) is 37.3 Å². The van der Waals surface area contributed by atoms with E-state index in [1.807, 2.05) is 37.3 Å². The SMILES string of the molecule is C[C@H](C(=O)Nc1cc(Cl)cc(Cl)c1)[NH+]1CCC(C(=O)Nc2ccccc2)CC1. The van der Waals surface area contributed by atoms with Crippen LogP contribution in [0.2, 0.25) is 10.0 Å². The average Bonchev–Trinajstić information content (AvgIpc) is 2.67. The van der Waals surface area contributed by atoms with Crippen molar-refractivity contribution in [2.45, 2.75) is 25.8 Å². The van der Waals surface area contributed by atoms with E-state index in [4.69, 9.17) is 23.2 Å². The van der Waals surface area contributed by atoms with Crippen LogP contribution >= 0.6 is 23.2 Å². The Kier molecular flexibility index (Phi) is 6.94. The lowest BCUT2D eigenvalue weighted by Gasteiger charge is -2.32. The van der Waals surface area contributed by atoms with Crippen LogP contribution in [-0.2, 0) is 9.59 Å². The molecular formula is C21H24Cl2N3O2+. The summed E-state index contributed by atoms with van der Waals surface area (Å²) in [6, 6.07) is 14.2. The van der Waals surface area contributed by atoms with Crippen LogP contribution in [0.15, 0.2) is 48.5 Å². The molecule has 1 fully saturated rings. The van der Waals surface area contributed by atoms with Crippen LogP contribution < -0.4 is 15.5 Å². The first kappa shape index (κ1) is 20.6. The first-order valence-corrected chi connectivity index (χ1v) is 10.2. The first-order chi connectivity index (χ1) is 13.4. The van der Waals surface area contributed by atoms with Gasteiger partial charge >= 0.3 is 0 Å². The number of carbonyl (C=O) groups is 2. The van der Waals surface area contributed by atoms with Crippen LogP contribution in [0, 0.1) is 5.92 Å². The number of para-hydroxylation sites is 1. The molecule has 1 saturated heterocycles. The fourth-order valence-electron chi connectivity index (χ4n) is 3.51. The van der Waals surface area contributed by atoms with E-state index in [-0.39, 0.29) is 23.8 Å². The number of piperidine rings is 1. The Hall–Kier alpha value is -2.08. The minimum atomic E-state index is -0.226. The van der Waals surface area contributed by atoms with Gasteiger partial charge in [-0.1, -0.05) is 41.4 Å². The van der Waals surface area contributed by atoms with Gasteiger partial charge < -0.3 is 15.5 Å². The lowest BCUT2D eigenvalue weighted by atomic mass is 9.94. The van der Waals surface area contributed by atoms with Crippen molar-refractivity contribution >= 4 is 46.4 Å². The Bertz CT molecular complexity index is 817. The van der Waals surface area contributed by atoms with Crippen molar-refractivity contribution < 1.29 is 14.5 Å². The van der Waals surface area contributed by atoms with E-state index in [0.717, 1.165) is 31.6 Å². The number of hydrogen-bond acceptors (Lipinski definition) is 2. The fourth-order valence-corrected chi connectivity index (χ4v) is 4.04. The van der Waals surface area contributed by atoms with Crippen molar-refractivity contribution in [1.29, 1.82) is 0 Å². The fraction of sp³-hybridized carbons (Fsp3) is 0.333. The maximum atomic E-state index is 12.6.